The van der Waals surface area contributed by atoms with E-state index in [1.54, 1.807) is 12.4 Å². The fourth-order valence-electron chi connectivity index (χ4n) is 0.770. The summed E-state index contributed by atoms with van der Waals surface area (Å²) in [6, 6.07) is 3.64. The molecule has 0 spiro atoms. The van der Waals surface area contributed by atoms with Gasteiger partial charge in [-0.25, -0.2) is 8.42 Å². The van der Waals surface area contributed by atoms with Gasteiger partial charge >= 0.3 is 0 Å². The largest absolute Gasteiger partial charge is 0.265 e. The lowest BCUT2D eigenvalue weighted by Gasteiger charge is -1.93. The minimum absolute atomic E-state index is 0.222. The Balaban J connectivity index is 2.52. The maximum atomic E-state index is 10.2. The van der Waals surface area contributed by atoms with Gasteiger partial charge in [-0.2, -0.15) is 0 Å². The summed E-state index contributed by atoms with van der Waals surface area (Å²) in [4.78, 5) is 3.82. The number of pyridine rings is 1. The fraction of sp³-hybridized carbons (Fsp3) is 0.286. The third-order valence-electron chi connectivity index (χ3n) is 1.33. The summed E-state index contributed by atoms with van der Waals surface area (Å²) in [5, 5.41) is 0. The van der Waals surface area contributed by atoms with Crippen LogP contribution in [-0.4, -0.2) is 19.2 Å². The van der Waals surface area contributed by atoms with Crippen LogP contribution < -0.4 is 0 Å². The van der Waals surface area contributed by atoms with Gasteiger partial charge in [0, 0.05) is 12.4 Å². The molecule has 11 heavy (non-hydrogen) atoms. The molecule has 60 valence electrons. The summed E-state index contributed by atoms with van der Waals surface area (Å²) in [5.41, 5.74) is 1.01. The third-order valence-corrected chi connectivity index (χ3v) is 1.92. The molecule has 0 aromatic carbocycles. The van der Waals surface area contributed by atoms with E-state index < -0.39 is 10.7 Å². The van der Waals surface area contributed by atoms with Gasteiger partial charge in [-0.05, 0) is 24.1 Å². The van der Waals surface area contributed by atoms with Gasteiger partial charge in [0.05, 0.1) is 5.75 Å². The first-order valence-corrected chi connectivity index (χ1v) is 4.66. The van der Waals surface area contributed by atoms with Gasteiger partial charge in [-0.15, -0.1) is 0 Å². The van der Waals surface area contributed by atoms with Crippen molar-refractivity contribution in [2.24, 2.45) is 0 Å². The Morgan fingerprint density at radius 3 is 2.45 bits per heavy atom. The molecule has 0 saturated heterocycles. The molecule has 0 aliphatic rings. The number of rotatable bonds is 3. The van der Waals surface area contributed by atoms with E-state index in [4.69, 9.17) is 0 Å². The molecule has 0 saturated carbocycles. The smallest absolute Gasteiger partial charge is 0.140 e. The molecule has 0 aliphatic carbocycles. The zero-order valence-electron chi connectivity index (χ0n) is 5.93. The molecule has 3 nitrogen and oxygen atoms in total. The Morgan fingerprint density at radius 1 is 1.27 bits per heavy atom. The molecule has 0 fully saturated rings. The van der Waals surface area contributed by atoms with Crippen molar-refractivity contribution in [1.29, 1.82) is 0 Å². The first kappa shape index (κ1) is 8.20. The lowest BCUT2D eigenvalue weighted by atomic mass is 10.2. The van der Waals surface area contributed by atoms with E-state index in [0.29, 0.717) is 6.42 Å². The summed E-state index contributed by atoms with van der Waals surface area (Å²) in [5.74, 6) is 0.222. The van der Waals surface area contributed by atoms with E-state index in [1.807, 2.05) is 12.1 Å². The molecular weight excluding hydrogens is 162 g/mol. The van der Waals surface area contributed by atoms with Crippen molar-refractivity contribution < 1.29 is 8.42 Å². The van der Waals surface area contributed by atoms with Crippen molar-refractivity contribution in [3.8, 4) is 0 Å². The number of hydrogen-bond donors (Lipinski definition) is 1. The Labute approximate surface area is 67.0 Å². The number of nitrogens with zero attached hydrogens (tertiary/aromatic N) is 1. The van der Waals surface area contributed by atoms with Gasteiger partial charge < -0.3 is 0 Å². The van der Waals surface area contributed by atoms with Gasteiger partial charge in [0.15, 0.2) is 0 Å². The van der Waals surface area contributed by atoms with Crippen LogP contribution in [0.3, 0.4) is 0 Å². The molecule has 0 bridgehead atoms. The lowest BCUT2D eigenvalue weighted by molar-refractivity contribution is 0.614. The molecule has 1 heterocycles. The van der Waals surface area contributed by atoms with E-state index in [9.17, 15) is 8.42 Å². The molecule has 1 aromatic heterocycles. The van der Waals surface area contributed by atoms with Crippen molar-refractivity contribution in [2.75, 3.05) is 5.75 Å². The summed E-state index contributed by atoms with van der Waals surface area (Å²) in [6.45, 7) is 0. The topological polar surface area (TPSA) is 47.0 Å². The zero-order valence-corrected chi connectivity index (χ0v) is 6.83. The number of aryl methyl sites for hydroxylation is 1. The highest BCUT2D eigenvalue weighted by molar-refractivity contribution is 7.72. The van der Waals surface area contributed by atoms with Crippen molar-refractivity contribution in [3.05, 3.63) is 30.1 Å². The second kappa shape index (κ2) is 4.08. The first-order chi connectivity index (χ1) is 5.29. The number of aromatic nitrogens is 1. The van der Waals surface area contributed by atoms with Crippen LogP contribution in [0.2, 0.25) is 0 Å². The first-order valence-electron chi connectivity index (χ1n) is 3.30. The van der Waals surface area contributed by atoms with Crippen LogP contribution in [0.1, 0.15) is 5.56 Å². The van der Waals surface area contributed by atoms with E-state index in [0.717, 1.165) is 5.56 Å². The average molecular weight is 171 g/mol. The minimum Gasteiger partial charge on any atom is -0.265 e. The van der Waals surface area contributed by atoms with Crippen LogP contribution in [-0.2, 0) is 17.1 Å². The third kappa shape index (κ3) is 3.13. The highest BCUT2D eigenvalue weighted by atomic mass is 32.2. The second-order valence-electron chi connectivity index (χ2n) is 2.16. The van der Waals surface area contributed by atoms with Gasteiger partial charge in [-0.1, -0.05) is 0 Å². The van der Waals surface area contributed by atoms with Crippen molar-refractivity contribution >= 4 is 10.7 Å². The molecule has 1 rings (SSSR count). The van der Waals surface area contributed by atoms with E-state index in [-0.39, 0.29) is 5.75 Å². The van der Waals surface area contributed by atoms with E-state index in [2.05, 4.69) is 4.98 Å². The predicted molar refractivity (Wildman–Crippen MR) is 43.1 cm³/mol. The molecular formula is C7H9NO2S. The number of thiol groups is 1. The van der Waals surface area contributed by atoms with Gasteiger partial charge in [0.1, 0.15) is 10.7 Å². The van der Waals surface area contributed by atoms with Crippen molar-refractivity contribution in [1.82, 2.24) is 4.98 Å². The Kier molecular flexibility index (Phi) is 3.04. The Bertz CT molecular complexity index is 274. The highest BCUT2D eigenvalue weighted by Crippen LogP contribution is 1.96. The van der Waals surface area contributed by atoms with Crippen LogP contribution in [0.25, 0.3) is 0 Å². The van der Waals surface area contributed by atoms with E-state index in [1.165, 1.54) is 0 Å². The summed E-state index contributed by atoms with van der Waals surface area (Å²) in [6.07, 6.45) is 3.90. The summed E-state index contributed by atoms with van der Waals surface area (Å²) < 4.78 is 20.4. The normalized spacial score (nSPS) is 10.3. The maximum absolute atomic E-state index is 10.2. The molecule has 4 heteroatoms. The fourth-order valence-corrected chi connectivity index (χ4v) is 1.21. The van der Waals surface area contributed by atoms with Gasteiger partial charge in [0.2, 0.25) is 0 Å². The van der Waals surface area contributed by atoms with Gasteiger partial charge in [-0.3, -0.25) is 4.98 Å². The average Bonchev–Trinajstić information content (AvgIpc) is 2.03. The zero-order chi connectivity index (χ0) is 8.10. The Morgan fingerprint density at radius 2 is 1.91 bits per heavy atom. The molecule has 0 unspecified atom stereocenters. The van der Waals surface area contributed by atoms with E-state index >= 15 is 0 Å². The van der Waals surface area contributed by atoms with Crippen LogP contribution in [0, 0.1) is 0 Å². The molecule has 0 amide bonds. The number of hydrogen-bond acceptors (Lipinski definition) is 3. The minimum atomic E-state index is -2.24. The van der Waals surface area contributed by atoms with Crippen LogP contribution in [0.5, 0.6) is 0 Å². The predicted octanol–water partition coefficient (Wildman–Crippen LogP) is 0.236. The second-order valence-corrected chi connectivity index (χ2v) is 3.27. The van der Waals surface area contributed by atoms with Crippen LogP contribution >= 0.6 is 0 Å². The van der Waals surface area contributed by atoms with Crippen LogP contribution in [0.15, 0.2) is 24.5 Å². The highest BCUT2D eigenvalue weighted by Gasteiger charge is 1.91. The quantitative estimate of drug-likeness (QED) is 0.662. The van der Waals surface area contributed by atoms with Crippen LogP contribution in [0.4, 0.5) is 0 Å². The van der Waals surface area contributed by atoms with Gasteiger partial charge in [0.25, 0.3) is 0 Å². The molecule has 0 atom stereocenters. The molecule has 0 aliphatic heterocycles. The molecule has 0 radical (unpaired) electrons. The molecule has 1 aromatic rings. The van der Waals surface area contributed by atoms with Crippen molar-refractivity contribution in [3.63, 3.8) is 0 Å². The standard InChI is InChI=1S/C7H9NO2S/c9-11(10)6-3-7-1-4-8-5-2-7/h1-2,4-5,11H,3,6H2. The lowest BCUT2D eigenvalue weighted by Crippen LogP contribution is -1.93. The summed E-state index contributed by atoms with van der Waals surface area (Å²) >= 11 is 0. The van der Waals surface area contributed by atoms with Crippen molar-refractivity contribution in [2.45, 2.75) is 6.42 Å². The molecule has 0 N–H and O–H groups in total. The SMILES string of the molecule is O=[SH](=O)CCc1ccncc1. The Hall–Kier alpha value is -0.900. The summed E-state index contributed by atoms with van der Waals surface area (Å²) in [7, 11) is -2.24. The maximum Gasteiger partial charge on any atom is 0.140 e. The monoisotopic (exact) mass is 171 g/mol.